The van der Waals surface area contributed by atoms with Crippen molar-refractivity contribution >= 4 is 23.2 Å². The van der Waals surface area contributed by atoms with Crippen LogP contribution in [0.25, 0.3) is 0 Å². The third-order valence-corrected chi connectivity index (χ3v) is 9.99. The largest absolute Gasteiger partial charge is 0.393 e. The summed E-state index contributed by atoms with van der Waals surface area (Å²) in [5, 5.41) is 15.5. The second-order valence-corrected chi connectivity index (χ2v) is 11.5. The molecule has 0 heterocycles. The summed E-state index contributed by atoms with van der Waals surface area (Å²) in [6.45, 7) is 4.92. The monoisotopic (exact) mass is 442 g/mol. The van der Waals surface area contributed by atoms with Gasteiger partial charge in [0.25, 0.3) is 5.91 Å². The molecule has 0 spiro atoms. The van der Waals surface area contributed by atoms with Crippen LogP contribution in [0, 0.1) is 34.5 Å². The molecule has 4 nitrogen and oxygen atoms in total. The van der Waals surface area contributed by atoms with Crippen molar-refractivity contribution in [3.8, 4) is 0 Å². The Balaban J connectivity index is 1.33. The molecule has 1 aromatic carbocycles. The molecule has 0 saturated heterocycles. The fourth-order valence-electron chi connectivity index (χ4n) is 8.02. The van der Waals surface area contributed by atoms with E-state index in [9.17, 15) is 9.90 Å². The zero-order valence-corrected chi connectivity index (χ0v) is 19.5. The van der Waals surface area contributed by atoms with Crippen LogP contribution in [-0.2, 0) is 0 Å². The lowest BCUT2D eigenvalue weighted by Gasteiger charge is -2.60. The molecule has 168 valence electrons. The fraction of sp³-hybridized carbons (Fsp3) is 0.692. The molecular formula is C26H35ClN2O2. The molecule has 0 aliphatic heterocycles. The van der Waals surface area contributed by atoms with Crippen LogP contribution in [-0.4, -0.2) is 22.8 Å². The van der Waals surface area contributed by atoms with Gasteiger partial charge in [0.1, 0.15) is 0 Å². The third kappa shape index (κ3) is 3.54. The number of hydrazone groups is 1. The summed E-state index contributed by atoms with van der Waals surface area (Å²) in [5.74, 6) is 2.69. The molecule has 0 bridgehead atoms. The number of nitrogens with one attached hydrogen (secondary N) is 1. The summed E-state index contributed by atoms with van der Waals surface area (Å²) in [7, 11) is 0. The lowest BCUT2D eigenvalue weighted by atomic mass is 9.45. The number of benzene rings is 1. The van der Waals surface area contributed by atoms with Gasteiger partial charge < -0.3 is 5.11 Å². The van der Waals surface area contributed by atoms with E-state index in [1.54, 1.807) is 24.3 Å². The molecule has 4 aliphatic carbocycles. The molecule has 0 radical (unpaired) electrons. The highest BCUT2D eigenvalue weighted by Gasteiger charge is 2.59. The summed E-state index contributed by atoms with van der Waals surface area (Å²) in [6.07, 6.45) is 10.2. The maximum absolute atomic E-state index is 12.6. The first-order valence-electron chi connectivity index (χ1n) is 12.1. The predicted octanol–water partition coefficient (Wildman–Crippen LogP) is 5.83. The number of amides is 1. The van der Waals surface area contributed by atoms with E-state index < -0.39 is 0 Å². The number of hydrogen-bond donors (Lipinski definition) is 2. The van der Waals surface area contributed by atoms with Crippen molar-refractivity contribution in [2.24, 2.45) is 39.6 Å². The van der Waals surface area contributed by atoms with Gasteiger partial charge in [0.2, 0.25) is 0 Å². The van der Waals surface area contributed by atoms with E-state index in [2.05, 4.69) is 24.4 Å². The molecule has 1 amide bonds. The number of nitrogens with zero attached hydrogens (tertiary/aromatic N) is 1. The van der Waals surface area contributed by atoms with Crippen LogP contribution in [0.5, 0.6) is 0 Å². The number of carbonyl (C=O) groups excluding carboxylic acids is 1. The Labute approximate surface area is 190 Å². The molecule has 5 rings (SSSR count). The van der Waals surface area contributed by atoms with Gasteiger partial charge in [-0.1, -0.05) is 31.5 Å². The van der Waals surface area contributed by atoms with Crippen molar-refractivity contribution < 1.29 is 9.90 Å². The number of carbonyl (C=O) groups is 1. The molecule has 4 fully saturated rings. The van der Waals surface area contributed by atoms with Gasteiger partial charge in [0, 0.05) is 21.7 Å². The molecule has 5 heteroatoms. The summed E-state index contributed by atoms with van der Waals surface area (Å²) < 4.78 is 0. The average Bonchev–Trinajstić information content (AvgIpc) is 3.09. The van der Waals surface area contributed by atoms with Crippen molar-refractivity contribution in [3.63, 3.8) is 0 Å². The van der Waals surface area contributed by atoms with E-state index in [1.807, 2.05) is 0 Å². The Kier molecular flexibility index (Phi) is 5.45. The van der Waals surface area contributed by atoms with Crippen LogP contribution in [0.15, 0.2) is 29.4 Å². The molecule has 4 saturated carbocycles. The summed E-state index contributed by atoms with van der Waals surface area (Å²) >= 11 is 6.03. The summed E-state index contributed by atoms with van der Waals surface area (Å²) in [4.78, 5) is 12.6. The van der Waals surface area contributed by atoms with E-state index in [0.29, 0.717) is 27.8 Å². The van der Waals surface area contributed by atoms with E-state index in [-0.39, 0.29) is 17.4 Å². The normalized spacial score (nSPS) is 43.1. The smallest absolute Gasteiger partial charge is 0.271 e. The molecule has 1 aromatic rings. The first-order valence-corrected chi connectivity index (χ1v) is 12.5. The predicted molar refractivity (Wildman–Crippen MR) is 124 cm³/mol. The van der Waals surface area contributed by atoms with Gasteiger partial charge >= 0.3 is 0 Å². The minimum Gasteiger partial charge on any atom is -0.393 e. The lowest BCUT2D eigenvalue weighted by molar-refractivity contribution is -0.113. The van der Waals surface area contributed by atoms with Crippen LogP contribution in [0.3, 0.4) is 0 Å². The number of halogens is 1. The van der Waals surface area contributed by atoms with Gasteiger partial charge in [-0.2, -0.15) is 5.10 Å². The van der Waals surface area contributed by atoms with E-state index in [4.69, 9.17) is 11.6 Å². The van der Waals surface area contributed by atoms with Crippen molar-refractivity contribution in [2.75, 3.05) is 0 Å². The minimum absolute atomic E-state index is 0.0863. The Morgan fingerprint density at radius 3 is 2.77 bits per heavy atom. The summed E-state index contributed by atoms with van der Waals surface area (Å²) in [6, 6.07) is 7.01. The number of hydrogen-bond acceptors (Lipinski definition) is 3. The van der Waals surface area contributed by atoms with Crippen molar-refractivity contribution in [3.05, 3.63) is 34.9 Å². The van der Waals surface area contributed by atoms with Gasteiger partial charge in [-0.05, 0) is 105 Å². The van der Waals surface area contributed by atoms with Crippen molar-refractivity contribution in [1.29, 1.82) is 0 Å². The Morgan fingerprint density at radius 1 is 1.13 bits per heavy atom. The first kappa shape index (κ1) is 21.5. The van der Waals surface area contributed by atoms with Crippen molar-refractivity contribution in [2.45, 2.75) is 77.7 Å². The van der Waals surface area contributed by atoms with Crippen LogP contribution < -0.4 is 5.43 Å². The summed E-state index contributed by atoms with van der Waals surface area (Å²) in [5.41, 5.74) is 5.03. The number of rotatable bonds is 2. The van der Waals surface area contributed by atoms with Crippen LogP contribution in [0.4, 0.5) is 0 Å². The maximum Gasteiger partial charge on any atom is 0.271 e. The highest BCUT2D eigenvalue weighted by atomic mass is 35.5. The number of aliphatic hydroxyl groups is 1. The Hall–Kier alpha value is -1.39. The Morgan fingerprint density at radius 2 is 1.97 bits per heavy atom. The molecule has 2 N–H and O–H groups in total. The first-order chi connectivity index (χ1) is 14.8. The molecule has 0 aromatic heterocycles. The number of fused-ring (bicyclic) bond motifs is 5. The molecule has 4 aliphatic rings. The second kappa shape index (κ2) is 7.88. The topological polar surface area (TPSA) is 61.7 Å². The van der Waals surface area contributed by atoms with Gasteiger partial charge in [-0.15, -0.1) is 0 Å². The quantitative estimate of drug-likeness (QED) is 0.566. The highest BCUT2D eigenvalue weighted by molar-refractivity contribution is 6.30. The van der Waals surface area contributed by atoms with E-state index in [0.717, 1.165) is 37.5 Å². The Bertz CT molecular complexity index is 901. The second-order valence-electron chi connectivity index (χ2n) is 11.1. The van der Waals surface area contributed by atoms with E-state index in [1.165, 1.54) is 37.8 Å². The average molecular weight is 443 g/mol. The standard InChI is InChI=1S/C26H35ClN2O2/c1-25-12-10-19(30)15-17(25)6-7-20-21-8-9-23(26(21,2)13-11-22(20)25)28-29-24(31)16-4-3-5-18(27)14-16/h3-5,14,17,19-22,30H,6-13,15H2,1-2H3,(H,29,31)/b28-23+. The van der Waals surface area contributed by atoms with Gasteiger partial charge in [0.15, 0.2) is 0 Å². The fourth-order valence-corrected chi connectivity index (χ4v) is 8.21. The van der Waals surface area contributed by atoms with Crippen molar-refractivity contribution in [1.82, 2.24) is 5.43 Å². The molecule has 7 unspecified atom stereocenters. The third-order valence-electron chi connectivity index (χ3n) is 9.76. The minimum atomic E-state index is -0.190. The van der Waals surface area contributed by atoms with Gasteiger partial charge in [-0.25, -0.2) is 5.43 Å². The highest BCUT2D eigenvalue weighted by Crippen LogP contribution is 2.65. The lowest BCUT2D eigenvalue weighted by Crippen LogP contribution is -2.54. The van der Waals surface area contributed by atoms with E-state index >= 15 is 0 Å². The van der Waals surface area contributed by atoms with Crippen LogP contribution in [0.1, 0.15) is 82.0 Å². The molecule has 31 heavy (non-hydrogen) atoms. The van der Waals surface area contributed by atoms with Gasteiger partial charge in [-0.3, -0.25) is 4.79 Å². The zero-order valence-electron chi connectivity index (χ0n) is 18.7. The zero-order chi connectivity index (χ0) is 21.8. The molecular weight excluding hydrogens is 408 g/mol. The van der Waals surface area contributed by atoms with Crippen LogP contribution in [0.2, 0.25) is 5.02 Å². The molecule has 7 atom stereocenters. The maximum atomic E-state index is 12.6. The number of aliphatic hydroxyl groups excluding tert-OH is 1. The van der Waals surface area contributed by atoms with Crippen LogP contribution >= 0.6 is 11.6 Å². The SMILES string of the molecule is CC12CCC3C(CCC4CC(O)CCC43C)C1CC/C2=N\NC(=O)c1cccc(Cl)c1. The van der Waals surface area contributed by atoms with Gasteiger partial charge in [0.05, 0.1) is 6.10 Å².